The van der Waals surface area contributed by atoms with Gasteiger partial charge in [0.2, 0.25) is 0 Å². The van der Waals surface area contributed by atoms with Crippen molar-refractivity contribution in [3.05, 3.63) is 0 Å². The summed E-state index contributed by atoms with van der Waals surface area (Å²) in [4.78, 5) is 2.48. The molecule has 2 fully saturated rings. The molecule has 0 unspecified atom stereocenters. The summed E-state index contributed by atoms with van der Waals surface area (Å²) in [6.07, 6.45) is 4.46. The average molecular weight is 139 g/mol. The minimum Gasteiger partial charge on any atom is -0.306 e. The molecule has 1 heteroatoms. The van der Waals surface area contributed by atoms with Gasteiger partial charge >= 0.3 is 0 Å². The standard InChI is InChI=1S/C9H17N/c1-8-5-9(6-8)3-4-10(2)7-9/h8H,3-7H2,1-2H3. The van der Waals surface area contributed by atoms with Crippen molar-refractivity contribution in [3.63, 3.8) is 0 Å². The molecule has 0 bridgehead atoms. The van der Waals surface area contributed by atoms with Gasteiger partial charge in [0.05, 0.1) is 0 Å². The first-order valence-electron chi connectivity index (χ1n) is 4.39. The zero-order valence-corrected chi connectivity index (χ0v) is 7.06. The Morgan fingerprint density at radius 1 is 1.40 bits per heavy atom. The molecular formula is C9H17N. The molecular weight excluding hydrogens is 122 g/mol. The molecule has 0 N–H and O–H groups in total. The number of rotatable bonds is 0. The molecule has 1 saturated carbocycles. The fraction of sp³-hybridized carbons (Fsp3) is 1.00. The Labute approximate surface area is 63.4 Å². The number of nitrogens with zero attached hydrogens (tertiary/aromatic N) is 1. The smallest absolute Gasteiger partial charge is 0.00356 e. The van der Waals surface area contributed by atoms with E-state index in [1.807, 2.05) is 0 Å². The van der Waals surface area contributed by atoms with Gasteiger partial charge in [0.1, 0.15) is 0 Å². The quantitative estimate of drug-likeness (QED) is 0.494. The summed E-state index contributed by atoms with van der Waals surface area (Å²) in [5.41, 5.74) is 0.786. The van der Waals surface area contributed by atoms with E-state index in [0.717, 1.165) is 11.3 Å². The van der Waals surface area contributed by atoms with Crippen molar-refractivity contribution in [3.8, 4) is 0 Å². The maximum atomic E-state index is 2.48. The molecule has 0 atom stereocenters. The van der Waals surface area contributed by atoms with Gasteiger partial charge in [-0.3, -0.25) is 0 Å². The third-order valence-corrected chi connectivity index (χ3v) is 3.19. The molecule has 58 valence electrons. The van der Waals surface area contributed by atoms with Gasteiger partial charge < -0.3 is 4.90 Å². The lowest BCUT2D eigenvalue weighted by Crippen LogP contribution is -2.37. The van der Waals surface area contributed by atoms with Crippen LogP contribution in [0.4, 0.5) is 0 Å². The molecule has 0 amide bonds. The Balaban J connectivity index is 1.95. The highest BCUT2D eigenvalue weighted by Gasteiger charge is 2.45. The van der Waals surface area contributed by atoms with Crippen LogP contribution in [0.5, 0.6) is 0 Å². The average Bonchev–Trinajstić information content (AvgIpc) is 2.10. The third kappa shape index (κ3) is 0.878. The lowest BCUT2D eigenvalue weighted by molar-refractivity contribution is 0.0784. The Kier molecular flexibility index (Phi) is 1.31. The second-order valence-corrected chi connectivity index (χ2v) is 4.50. The van der Waals surface area contributed by atoms with E-state index in [2.05, 4.69) is 18.9 Å². The van der Waals surface area contributed by atoms with Gasteiger partial charge in [-0.1, -0.05) is 6.92 Å². The first-order valence-corrected chi connectivity index (χ1v) is 4.39. The molecule has 10 heavy (non-hydrogen) atoms. The maximum Gasteiger partial charge on any atom is 0.00356 e. The van der Waals surface area contributed by atoms with Gasteiger partial charge in [-0.2, -0.15) is 0 Å². The molecule has 0 aromatic rings. The first kappa shape index (κ1) is 6.66. The zero-order valence-electron chi connectivity index (χ0n) is 7.06. The van der Waals surface area contributed by atoms with E-state index in [0.29, 0.717) is 0 Å². The minimum atomic E-state index is 0.786. The highest BCUT2D eigenvalue weighted by Crippen LogP contribution is 2.50. The van der Waals surface area contributed by atoms with Gasteiger partial charge in [0.25, 0.3) is 0 Å². The van der Waals surface area contributed by atoms with Crippen LogP contribution in [0.3, 0.4) is 0 Å². The summed E-state index contributed by atoms with van der Waals surface area (Å²) in [5, 5.41) is 0. The summed E-state index contributed by atoms with van der Waals surface area (Å²) < 4.78 is 0. The SMILES string of the molecule is CC1CC2(CCN(C)C2)C1. The lowest BCUT2D eigenvalue weighted by Gasteiger charge is -2.43. The molecule has 1 spiro atoms. The predicted octanol–water partition coefficient (Wildman–Crippen LogP) is 1.74. The van der Waals surface area contributed by atoms with E-state index in [1.54, 1.807) is 0 Å². The normalized spacial score (nSPS) is 48.0. The van der Waals surface area contributed by atoms with E-state index in [-0.39, 0.29) is 0 Å². The van der Waals surface area contributed by atoms with Crippen molar-refractivity contribution in [2.75, 3.05) is 20.1 Å². The van der Waals surface area contributed by atoms with Gasteiger partial charge in [0, 0.05) is 6.54 Å². The van der Waals surface area contributed by atoms with E-state index in [9.17, 15) is 0 Å². The fourth-order valence-electron chi connectivity index (χ4n) is 2.91. The Morgan fingerprint density at radius 3 is 2.50 bits per heavy atom. The van der Waals surface area contributed by atoms with Crippen molar-refractivity contribution in [2.24, 2.45) is 11.3 Å². The van der Waals surface area contributed by atoms with Gasteiger partial charge in [-0.25, -0.2) is 0 Å². The van der Waals surface area contributed by atoms with Crippen LogP contribution >= 0.6 is 0 Å². The second kappa shape index (κ2) is 1.97. The highest BCUT2D eigenvalue weighted by atomic mass is 15.1. The molecule has 1 saturated heterocycles. The predicted molar refractivity (Wildman–Crippen MR) is 42.9 cm³/mol. The lowest BCUT2D eigenvalue weighted by atomic mass is 9.62. The number of hydrogen-bond acceptors (Lipinski definition) is 1. The molecule has 0 radical (unpaired) electrons. The third-order valence-electron chi connectivity index (χ3n) is 3.19. The maximum absolute atomic E-state index is 2.48. The summed E-state index contributed by atoms with van der Waals surface area (Å²) in [7, 11) is 2.25. The van der Waals surface area contributed by atoms with Crippen molar-refractivity contribution in [2.45, 2.75) is 26.2 Å². The van der Waals surface area contributed by atoms with E-state index >= 15 is 0 Å². The minimum absolute atomic E-state index is 0.786. The molecule has 0 aromatic heterocycles. The fourth-order valence-corrected chi connectivity index (χ4v) is 2.91. The highest BCUT2D eigenvalue weighted by molar-refractivity contribution is 4.97. The Hall–Kier alpha value is -0.0400. The summed E-state index contributed by atoms with van der Waals surface area (Å²) in [6.45, 7) is 5.09. The zero-order chi connectivity index (χ0) is 7.19. The summed E-state index contributed by atoms with van der Waals surface area (Å²) in [6, 6.07) is 0. The van der Waals surface area contributed by atoms with Crippen LogP contribution < -0.4 is 0 Å². The molecule has 1 aliphatic carbocycles. The second-order valence-electron chi connectivity index (χ2n) is 4.50. The first-order chi connectivity index (χ1) is 4.70. The van der Waals surface area contributed by atoms with Crippen LogP contribution in [0.1, 0.15) is 26.2 Å². The Bertz CT molecular complexity index is 130. The molecule has 0 aromatic carbocycles. The van der Waals surface area contributed by atoms with Crippen LogP contribution in [-0.2, 0) is 0 Å². The Morgan fingerprint density at radius 2 is 2.10 bits per heavy atom. The number of likely N-dealkylation sites (tertiary alicyclic amines) is 1. The molecule has 1 heterocycles. The van der Waals surface area contributed by atoms with Gasteiger partial charge in [0.15, 0.2) is 0 Å². The van der Waals surface area contributed by atoms with Crippen molar-refractivity contribution >= 4 is 0 Å². The molecule has 1 aliphatic heterocycles. The monoisotopic (exact) mass is 139 g/mol. The van der Waals surface area contributed by atoms with Crippen LogP contribution in [-0.4, -0.2) is 25.0 Å². The van der Waals surface area contributed by atoms with Crippen LogP contribution in [0, 0.1) is 11.3 Å². The van der Waals surface area contributed by atoms with Crippen molar-refractivity contribution < 1.29 is 0 Å². The van der Waals surface area contributed by atoms with Crippen molar-refractivity contribution in [1.82, 2.24) is 4.90 Å². The largest absolute Gasteiger partial charge is 0.306 e. The molecule has 2 rings (SSSR count). The van der Waals surface area contributed by atoms with E-state index in [4.69, 9.17) is 0 Å². The van der Waals surface area contributed by atoms with Gasteiger partial charge in [-0.05, 0) is 44.2 Å². The molecule has 2 aliphatic rings. The number of hydrogen-bond donors (Lipinski definition) is 0. The van der Waals surface area contributed by atoms with Gasteiger partial charge in [-0.15, -0.1) is 0 Å². The topological polar surface area (TPSA) is 3.24 Å². The summed E-state index contributed by atoms with van der Waals surface area (Å²) >= 11 is 0. The van der Waals surface area contributed by atoms with E-state index < -0.39 is 0 Å². The van der Waals surface area contributed by atoms with Crippen LogP contribution in [0.25, 0.3) is 0 Å². The summed E-state index contributed by atoms with van der Waals surface area (Å²) in [5.74, 6) is 1.02. The van der Waals surface area contributed by atoms with Crippen LogP contribution in [0.15, 0.2) is 0 Å². The van der Waals surface area contributed by atoms with Crippen LogP contribution in [0.2, 0.25) is 0 Å². The molecule has 1 nitrogen and oxygen atoms in total. The van der Waals surface area contributed by atoms with Crippen molar-refractivity contribution in [1.29, 1.82) is 0 Å². The van der Waals surface area contributed by atoms with E-state index in [1.165, 1.54) is 32.4 Å².